The van der Waals surface area contributed by atoms with E-state index in [0.717, 1.165) is 6.07 Å². The fourth-order valence-corrected chi connectivity index (χ4v) is 3.26. The van der Waals surface area contributed by atoms with Gasteiger partial charge in [0.2, 0.25) is 0 Å². The minimum absolute atomic E-state index is 0.0222. The number of allylic oxidation sites excluding steroid dienone is 1. The molecule has 0 amide bonds. The van der Waals surface area contributed by atoms with Crippen LogP contribution in [0.4, 0.5) is 13.2 Å². The van der Waals surface area contributed by atoms with Gasteiger partial charge in [0.1, 0.15) is 6.61 Å². The molecule has 0 radical (unpaired) electrons. The maximum atomic E-state index is 13.5. The fraction of sp³-hybridized carbons (Fsp3) is 0.368. The molecule has 1 N–H and O–H groups in total. The molecular formula is C19H21F3N2O3S. The summed E-state index contributed by atoms with van der Waals surface area (Å²) >= 11 is 5.31. The zero-order chi connectivity index (χ0) is 20.9. The van der Waals surface area contributed by atoms with Gasteiger partial charge in [-0.25, -0.2) is 4.79 Å². The zero-order valence-electron chi connectivity index (χ0n) is 15.5. The van der Waals surface area contributed by atoms with E-state index in [2.05, 4.69) is 11.9 Å². The number of hydrogen-bond acceptors (Lipinski definition) is 4. The number of alkyl halides is 3. The molecule has 1 aromatic rings. The molecule has 0 aromatic heterocycles. The lowest BCUT2D eigenvalue weighted by atomic mass is 9.91. The summed E-state index contributed by atoms with van der Waals surface area (Å²) < 4.78 is 50.7. The first kappa shape index (κ1) is 21.9. The van der Waals surface area contributed by atoms with Crippen LogP contribution < -0.4 is 5.32 Å². The summed E-state index contributed by atoms with van der Waals surface area (Å²) in [4.78, 5) is 14.3. The predicted octanol–water partition coefficient (Wildman–Crippen LogP) is 3.59. The molecule has 0 unspecified atom stereocenters. The molecule has 1 aromatic carbocycles. The van der Waals surface area contributed by atoms with E-state index in [1.54, 1.807) is 17.9 Å². The van der Waals surface area contributed by atoms with Crippen molar-refractivity contribution >= 4 is 23.3 Å². The number of esters is 1. The van der Waals surface area contributed by atoms with Gasteiger partial charge in [0.25, 0.3) is 0 Å². The average molecular weight is 414 g/mol. The minimum atomic E-state index is -4.59. The van der Waals surface area contributed by atoms with E-state index in [0.29, 0.717) is 12.2 Å². The van der Waals surface area contributed by atoms with Crippen molar-refractivity contribution in [2.75, 3.05) is 26.9 Å². The van der Waals surface area contributed by atoms with Gasteiger partial charge in [-0.05, 0) is 30.8 Å². The monoisotopic (exact) mass is 414 g/mol. The van der Waals surface area contributed by atoms with Gasteiger partial charge in [-0.1, -0.05) is 24.3 Å². The second-order valence-corrected chi connectivity index (χ2v) is 6.38. The average Bonchev–Trinajstić information content (AvgIpc) is 2.64. The van der Waals surface area contributed by atoms with E-state index in [-0.39, 0.29) is 29.5 Å². The van der Waals surface area contributed by atoms with Crippen LogP contribution in [0.1, 0.15) is 24.1 Å². The number of nitrogens with zero attached hydrogens (tertiary/aromatic N) is 1. The third kappa shape index (κ3) is 4.71. The largest absolute Gasteiger partial charge is 0.460 e. The number of benzene rings is 1. The predicted molar refractivity (Wildman–Crippen MR) is 102 cm³/mol. The Morgan fingerprint density at radius 2 is 2.04 bits per heavy atom. The molecular weight excluding hydrogens is 393 g/mol. The highest BCUT2D eigenvalue weighted by molar-refractivity contribution is 7.80. The second kappa shape index (κ2) is 9.20. The third-order valence-corrected chi connectivity index (χ3v) is 4.56. The molecule has 152 valence electrons. The maximum Gasteiger partial charge on any atom is 0.416 e. The first-order valence-electron chi connectivity index (χ1n) is 8.44. The lowest BCUT2D eigenvalue weighted by Crippen LogP contribution is -2.48. The molecule has 0 saturated heterocycles. The van der Waals surface area contributed by atoms with Gasteiger partial charge in [0.05, 0.1) is 23.8 Å². The van der Waals surface area contributed by atoms with Gasteiger partial charge >= 0.3 is 12.1 Å². The molecule has 1 aliphatic rings. The van der Waals surface area contributed by atoms with Crippen LogP contribution >= 0.6 is 12.2 Å². The van der Waals surface area contributed by atoms with Crippen LogP contribution in [0, 0.1) is 0 Å². The summed E-state index contributed by atoms with van der Waals surface area (Å²) in [6, 6.07) is 3.97. The third-order valence-electron chi connectivity index (χ3n) is 4.23. The van der Waals surface area contributed by atoms with Crippen molar-refractivity contribution in [1.82, 2.24) is 10.2 Å². The SMILES string of the molecule is C=CCN1C(=S)N[C@H](c2ccccc2C(F)(F)F)C(C(=O)OCCOC)=C1C. The van der Waals surface area contributed by atoms with Crippen LogP contribution in [-0.4, -0.2) is 42.8 Å². The van der Waals surface area contributed by atoms with Crippen molar-refractivity contribution in [2.24, 2.45) is 0 Å². The number of halogens is 3. The molecule has 9 heteroatoms. The van der Waals surface area contributed by atoms with Crippen LogP contribution in [0.3, 0.4) is 0 Å². The van der Waals surface area contributed by atoms with Crippen molar-refractivity contribution < 1.29 is 27.4 Å². The molecule has 0 fully saturated rings. The molecule has 0 aliphatic carbocycles. The normalized spacial score (nSPS) is 17.4. The fourth-order valence-electron chi connectivity index (χ4n) is 2.93. The Balaban J connectivity index is 2.57. The molecule has 0 saturated carbocycles. The molecule has 28 heavy (non-hydrogen) atoms. The van der Waals surface area contributed by atoms with Crippen molar-refractivity contribution in [1.29, 1.82) is 0 Å². The van der Waals surface area contributed by atoms with Crippen molar-refractivity contribution in [3.05, 3.63) is 59.3 Å². The number of ether oxygens (including phenoxy) is 2. The molecule has 0 bridgehead atoms. The summed E-state index contributed by atoms with van der Waals surface area (Å²) in [6.45, 7) is 5.70. The van der Waals surface area contributed by atoms with E-state index in [1.807, 2.05) is 0 Å². The van der Waals surface area contributed by atoms with Gasteiger partial charge < -0.3 is 19.7 Å². The number of methoxy groups -OCH3 is 1. The quantitative estimate of drug-likeness (QED) is 0.319. The zero-order valence-corrected chi connectivity index (χ0v) is 16.3. The Morgan fingerprint density at radius 3 is 2.64 bits per heavy atom. The van der Waals surface area contributed by atoms with Crippen LogP contribution in [0.5, 0.6) is 0 Å². The van der Waals surface area contributed by atoms with Gasteiger partial charge in [0, 0.05) is 19.4 Å². The summed E-state index contributed by atoms with van der Waals surface area (Å²) in [5.41, 5.74) is -0.479. The minimum Gasteiger partial charge on any atom is -0.460 e. The lowest BCUT2D eigenvalue weighted by Gasteiger charge is -2.37. The molecule has 5 nitrogen and oxygen atoms in total. The number of nitrogens with one attached hydrogen (secondary N) is 1. The lowest BCUT2D eigenvalue weighted by molar-refractivity contribution is -0.142. The summed E-state index contributed by atoms with van der Waals surface area (Å²) in [5.74, 6) is -0.736. The molecule has 1 aliphatic heterocycles. The highest BCUT2D eigenvalue weighted by atomic mass is 32.1. The standard InChI is InChI=1S/C19H21F3N2O3S/c1-4-9-24-12(2)15(17(25)27-11-10-26-3)16(23-18(24)28)13-7-5-6-8-14(13)19(20,21)22/h4-8,16H,1,9-11H2,2-3H3,(H,23,28)/t16-/m1/s1. The Kier molecular flexibility index (Phi) is 7.20. The van der Waals surface area contributed by atoms with Gasteiger partial charge in [-0.3, -0.25) is 0 Å². The van der Waals surface area contributed by atoms with E-state index in [9.17, 15) is 18.0 Å². The number of hydrogen-bond donors (Lipinski definition) is 1. The second-order valence-electron chi connectivity index (χ2n) is 5.99. The number of carbonyl (C=O) groups excluding carboxylic acids is 1. The Bertz CT molecular complexity index is 793. The Labute approximate surface area is 166 Å². The number of rotatable bonds is 7. The van der Waals surface area contributed by atoms with Crippen LogP contribution in [-0.2, 0) is 20.4 Å². The number of thiocarbonyl (C=S) groups is 1. The molecule has 1 heterocycles. The molecule has 1 atom stereocenters. The van der Waals surface area contributed by atoms with Crippen molar-refractivity contribution in [3.63, 3.8) is 0 Å². The Morgan fingerprint density at radius 1 is 1.36 bits per heavy atom. The van der Waals surface area contributed by atoms with Gasteiger partial charge in [0.15, 0.2) is 5.11 Å². The van der Waals surface area contributed by atoms with Crippen LogP contribution in [0.25, 0.3) is 0 Å². The summed E-state index contributed by atoms with van der Waals surface area (Å²) in [5, 5.41) is 3.05. The summed E-state index contributed by atoms with van der Waals surface area (Å²) in [7, 11) is 1.45. The highest BCUT2D eigenvalue weighted by Crippen LogP contribution is 2.39. The van der Waals surface area contributed by atoms with Crippen LogP contribution in [0.15, 0.2) is 48.2 Å². The molecule has 0 spiro atoms. The first-order valence-corrected chi connectivity index (χ1v) is 8.85. The van der Waals surface area contributed by atoms with E-state index in [4.69, 9.17) is 21.7 Å². The van der Waals surface area contributed by atoms with E-state index >= 15 is 0 Å². The van der Waals surface area contributed by atoms with E-state index < -0.39 is 23.8 Å². The van der Waals surface area contributed by atoms with Crippen LogP contribution in [0.2, 0.25) is 0 Å². The maximum absolute atomic E-state index is 13.5. The Hall–Kier alpha value is -2.39. The highest BCUT2D eigenvalue weighted by Gasteiger charge is 2.40. The topological polar surface area (TPSA) is 50.8 Å². The van der Waals surface area contributed by atoms with Gasteiger partial charge in [-0.2, -0.15) is 13.2 Å². The smallest absolute Gasteiger partial charge is 0.416 e. The molecule has 2 rings (SSSR count). The van der Waals surface area contributed by atoms with Crippen molar-refractivity contribution in [2.45, 2.75) is 19.1 Å². The van der Waals surface area contributed by atoms with E-state index in [1.165, 1.54) is 25.3 Å². The first-order chi connectivity index (χ1) is 13.2. The summed E-state index contributed by atoms with van der Waals surface area (Å²) in [6.07, 6.45) is -3.01. The van der Waals surface area contributed by atoms with Gasteiger partial charge in [-0.15, -0.1) is 6.58 Å². The number of carbonyl (C=O) groups is 1. The van der Waals surface area contributed by atoms with Crippen molar-refractivity contribution in [3.8, 4) is 0 Å².